The highest BCUT2D eigenvalue weighted by Gasteiger charge is 2.20. The molecule has 0 saturated heterocycles. The Kier molecular flexibility index (Phi) is 7.20. The van der Waals surface area contributed by atoms with E-state index in [4.69, 9.17) is 4.74 Å². The second-order valence-electron chi connectivity index (χ2n) is 6.11. The lowest BCUT2D eigenvalue weighted by atomic mass is 9.96. The number of rotatable bonds is 8. The number of hydrogen-bond donors (Lipinski definition) is 2. The van der Waals surface area contributed by atoms with E-state index in [1.807, 2.05) is 0 Å². The first-order valence-corrected chi connectivity index (χ1v) is 8.51. The zero-order chi connectivity index (χ0) is 14.0. The number of nitrogens with zero attached hydrogens (tertiary/aromatic N) is 1. The van der Waals surface area contributed by atoms with Crippen LogP contribution in [0.25, 0.3) is 0 Å². The quantitative estimate of drug-likeness (QED) is 0.408. The third-order valence-corrected chi connectivity index (χ3v) is 4.06. The molecule has 4 nitrogen and oxygen atoms in total. The van der Waals surface area contributed by atoms with Crippen molar-refractivity contribution in [2.24, 2.45) is 10.9 Å². The van der Waals surface area contributed by atoms with Crippen LogP contribution in [0.3, 0.4) is 0 Å². The highest BCUT2D eigenvalue weighted by molar-refractivity contribution is 5.80. The fourth-order valence-electron chi connectivity index (χ4n) is 2.65. The molecule has 2 aliphatic carbocycles. The van der Waals surface area contributed by atoms with Crippen LogP contribution in [0.2, 0.25) is 0 Å². The van der Waals surface area contributed by atoms with E-state index in [1.54, 1.807) is 0 Å². The van der Waals surface area contributed by atoms with Gasteiger partial charge in [0.15, 0.2) is 5.96 Å². The van der Waals surface area contributed by atoms with Crippen LogP contribution in [0.4, 0.5) is 0 Å². The Morgan fingerprint density at radius 3 is 2.65 bits per heavy atom. The Hall–Kier alpha value is -0.770. The summed E-state index contributed by atoms with van der Waals surface area (Å²) < 4.78 is 5.64. The van der Waals surface area contributed by atoms with Crippen molar-refractivity contribution >= 4 is 5.96 Å². The first-order valence-electron chi connectivity index (χ1n) is 8.51. The average molecular weight is 281 g/mol. The summed E-state index contributed by atoms with van der Waals surface area (Å²) in [5.41, 5.74) is 0. The van der Waals surface area contributed by atoms with E-state index in [9.17, 15) is 0 Å². The molecule has 116 valence electrons. The summed E-state index contributed by atoms with van der Waals surface area (Å²) in [5, 5.41) is 6.92. The molecule has 2 rings (SSSR count). The van der Waals surface area contributed by atoms with Crippen LogP contribution in [0.1, 0.15) is 58.3 Å². The fraction of sp³-hybridized carbons (Fsp3) is 0.938. The molecule has 0 aromatic carbocycles. The summed E-state index contributed by atoms with van der Waals surface area (Å²) in [7, 11) is 0. The van der Waals surface area contributed by atoms with Crippen molar-refractivity contribution in [3.8, 4) is 0 Å². The number of guanidine groups is 1. The summed E-state index contributed by atoms with van der Waals surface area (Å²) in [5.74, 6) is 1.85. The van der Waals surface area contributed by atoms with Crippen molar-refractivity contribution in [1.82, 2.24) is 10.6 Å². The summed E-state index contributed by atoms with van der Waals surface area (Å²) in [4.78, 5) is 4.65. The lowest BCUT2D eigenvalue weighted by Crippen LogP contribution is -2.44. The predicted molar refractivity (Wildman–Crippen MR) is 84.1 cm³/mol. The molecule has 2 aliphatic rings. The van der Waals surface area contributed by atoms with Crippen LogP contribution >= 0.6 is 0 Å². The molecule has 0 unspecified atom stereocenters. The molecule has 0 aromatic heterocycles. The van der Waals surface area contributed by atoms with Gasteiger partial charge in [-0.05, 0) is 44.9 Å². The highest BCUT2D eigenvalue weighted by atomic mass is 16.5. The van der Waals surface area contributed by atoms with Gasteiger partial charge in [0, 0.05) is 32.3 Å². The van der Waals surface area contributed by atoms with Gasteiger partial charge in [0.05, 0.1) is 0 Å². The van der Waals surface area contributed by atoms with Gasteiger partial charge in [0.1, 0.15) is 0 Å². The minimum absolute atomic E-state index is 0.618. The molecule has 0 aromatic rings. The van der Waals surface area contributed by atoms with Gasteiger partial charge < -0.3 is 15.4 Å². The average Bonchev–Trinajstić information content (AvgIpc) is 3.28. The molecule has 0 bridgehead atoms. The smallest absolute Gasteiger partial charge is 0.191 e. The molecule has 0 amide bonds. The molecular weight excluding hydrogens is 250 g/mol. The SMILES string of the molecule is CCNC(=NCCCOCC1CC1)NC1CCCCC1. The maximum Gasteiger partial charge on any atom is 0.191 e. The van der Waals surface area contributed by atoms with Gasteiger partial charge in [-0.15, -0.1) is 0 Å². The minimum atomic E-state index is 0.618. The molecule has 2 saturated carbocycles. The largest absolute Gasteiger partial charge is 0.381 e. The van der Waals surface area contributed by atoms with Gasteiger partial charge in [-0.1, -0.05) is 19.3 Å². The van der Waals surface area contributed by atoms with Crippen molar-refractivity contribution in [1.29, 1.82) is 0 Å². The Morgan fingerprint density at radius 2 is 1.95 bits per heavy atom. The Bertz CT molecular complexity index is 283. The minimum Gasteiger partial charge on any atom is -0.381 e. The number of aliphatic imine (C=N–C) groups is 1. The van der Waals surface area contributed by atoms with Crippen LogP contribution in [0.5, 0.6) is 0 Å². The van der Waals surface area contributed by atoms with Gasteiger partial charge in [-0.25, -0.2) is 0 Å². The second-order valence-corrected chi connectivity index (χ2v) is 6.11. The van der Waals surface area contributed by atoms with Crippen molar-refractivity contribution in [3.63, 3.8) is 0 Å². The zero-order valence-electron chi connectivity index (χ0n) is 13.0. The molecule has 20 heavy (non-hydrogen) atoms. The summed E-state index contributed by atoms with van der Waals surface area (Å²) in [6.07, 6.45) is 10.4. The predicted octanol–water partition coefficient (Wildman–Crippen LogP) is 2.69. The lowest BCUT2D eigenvalue weighted by molar-refractivity contribution is 0.123. The van der Waals surface area contributed by atoms with E-state index in [-0.39, 0.29) is 0 Å². The summed E-state index contributed by atoms with van der Waals surface area (Å²) in [6.45, 7) is 5.72. The monoisotopic (exact) mass is 281 g/mol. The normalized spacial score (nSPS) is 20.9. The third-order valence-electron chi connectivity index (χ3n) is 4.06. The molecular formula is C16H31N3O. The van der Waals surface area contributed by atoms with Gasteiger partial charge in [0.2, 0.25) is 0 Å². The third kappa shape index (κ3) is 6.60. The topological polar surface area (TPSA) is 45.7 Å². The summed E-state index contributed by atoms with van der Waals surface area (Å²) in [6, 6.07) is 0.618. The van der Waals surface area contributed by atoms with Crippen LogP contribution in [0, 0.1) is 5.92 Å². The molecule has 0 radical (unpaired) electrons. The fourth-order valence-corrected chi connectivity index (χ4v) is 2.65. The maximum atomic E-state index is 5.64. The van der Waals surface area contributed by atoms with E-state index in [2.05, 4.69) is 22.5 Å². The first kappa shape index (κ1) is 15.6. The first-order chi connectivity index (χ1) is 9.88. The Morgan fingerprint density at radius 1 is 1.15 bits per heavy atom. The molecule has 0 heterocycles. The van der Waals surface area contributed by atoms with Crippen LogP contribution in [-0.4, -0.2) is 38.3 Å². The Labute approximate surface area is 123 Å². The summed E-state index contributed by atoms with van der Waals surface area (Å²) >= 11 is 0. The molecule has 0 spiro atoms. The van der Waals surface area contributed by atoms with Gasteiger partial charge >= 0.3 is 0 Å². The standard InChI is InChI=1S/C16H31N3O/c1-2-17-16(19-15-7-4-3-5-8-15)18-11-6-12-20-13-14-9-10-14/h14-15H,2-13H2,1H3,(H2,17,18,19). The zero-order valence-corrected chi connectivity index (χ0v) is 13.0. The van der Waals surface area contributed by atoms with Gasteiger partial charge in [-0.3, -0.25) is 4.99 Å². The molecule has 4 heteroatoms. The highest BCUT2D eigenvalue weighted by Crippen LogP contribution is 2.28. The number of ether oxygens (including phenoxy) is 1. The van der Waals surface area contributed by atoms with Crippen LogP contribution < -0.4 is 10.6 Å². The van der Waals surface area contributed by atoms with E-state index >= 15 is 0 Å². The van der Waals surface area contributed by atoms with Crippen molar-refractivity contribution in [2.75, 3.05) is 26.3 Å². The maximum absolute atomic E-state index is 5.64. The molecule has 2 fully saturated rings. The van der Waals surface area contributed by atoms with E-state index in [1.165, 1.54) is 44.9 Å². The van der Waals surface area contributed by atoms with Crippen molar-refractivity contribution in [2.45, 2.75) is 64.3 Å². The number of nitrogens with one attached hydrogen (secondary N) is 2. The lowest BCUT2D eigenvalue weighted by Gasteiger charge is -2.24. The molecule has 0 aliphatic heterocycles. The van der Waals surface area contributed by atoms with Gasteiger partial charge in [-0.2, -0.15) is 0 Å². The molecule has 2 N–H and O–H groups in total. The number of hydrogen-bond acceptors (Lipinski definition) is 2. The van der Waals surface area contributed by atoms with Crippen molar-refractivity contribution in [3.05, 3.63) is 0 Å². The second kappa shape index (κ2) is 9.22. The van der Waals surface area contributed by atoms with E-state index in [0.717, 1.165) is 44.6 Å². The van der Waals surface area contributed by atoms with Crippen molar-refractivity contribution < 1.29 is 4.74 Å². The van der Waals surface area contributed by atoms with E-state index in [0.29, 0.717) is 6.04 Å². The van der Waals surface area contributed by atoms with Crippen LogP contribution in [0.15, 0.2) is 4.99 Å². The Balaban J connectivity index is 1.59. The van der Waals surface area contributed by atoms with E-state index < -0.39 is 0 Å². The molecule has 0 atom stereocenters. The van der Waals surface area contributed by atoms with Crippen LogP contribution in [-0.2, 0) is 4.74 Å². The van der Waals surface area contributed by atoms with Gasteiger partial charge in [0.25, 0.3) is 0 Å².